The minimum Gasteiger partial charge on any atom is -0.465 e. The zero-order valence-electron chi connectivity index (χ0n) is 11.1. The molecule has 0 saturated heterocycles. The molecule has 0 aromatic heterocycles. The molecule has 16 heavy (non-hydrogen) atoms. The Hall–Kier alpha value is -1.06. The second-order valence-electron chi connectivity index (χ2n) is 5.56. The highest BCUT2D eigenvalue weighted by atomic mass is 16.4. The maximum atomic E-state index is 11.8. The molecule has 1 amide bonds. The topological polar surface area (TPSA) is 57.6 Å². The molecule has 0 aromatic rings. The number of carbonyl (C=O) groups is 2. The second kappa shape index (κ2) is 5.32. The first-order valence-electron chi connectivity index (χ1n) is 5.62. The average molecular weight is 229 g/mol. The fourth-order valence-corrected chi connectivity index (χ4v) is 1.75. The van der Waals surface area contributed by atoms with Crippen LogP contribution in [0.15, 0.2) is 0 Å². The number of hydrogen-bond donors (Lipinski definition) is 1. The first-order chi connectivity index (χ1) is 7.07. The van der Waals surface area contributed by atoms with Gasteiger partial charge >= 0.3 is 6.09 Å². The summed E-state index contributed by atoms with van der Waals surface area (Å²) in [5.74, 6) is 0.234. The summed E-state index contributed by atoms with van der Waals surface area (Å²) in [6, 6.07) is -0.583. The molecule has 0 fully saturated rings. The molecule has 0 spiro atoms. The van der Waals surface area contributed by atoms with Crippen LogP contribution in [-0.4, -0.2) is 33.5 Å². The third kappa shape index (κ3) is 4.21. The highest BCUT2D eigenvalue weighted by molar-refractivity contribution is 5.87. The molecule has 0 aromatic carbocycles. The Labute approximate surface area is 97.6 Å². The van der Waals surface area contributed by atoms with Crippen LogP contribution in [0.25, 0.3) is 0 Å². The van der Waals surface area contributed by atoms with Crippen LogP contribution in [0.3, 0.4) is 0 Å². The summed E-state index contributed by atoms with van der Waals surface area (Å²) in [6.07, 6.45) is -0.627. The lowest BCUT2D eigenvalue weighted by Gasteiger charge is -2.37. The molecule has 0 aliphatic heterocycles. The Morgan fingerprint density at radius 1 is 1.19 bits per heavy atom. The Balaban J connectivity index is 4.83. The Morgan fingerprint density at radius 3 is 1.88 bits per heavy atom. The first kappa shape index (κ1) is 14.9. The largest absolute Gasteiger partial charge is 0.465 e. The van der Waals surface area contributed by atoms with Crippen molar-refractivity contribution in [3.8, 4) is 0 Å². The van der Waals surface area contributed by atoms with E-state index in [1.807, 2.05) is 13.8 Å². The van der Waals surface area contributed by atoms with E-state index in [4.69, 9.17) is 5.11 Å². The van der Waals surface area contributed by atoms with E-state index < -0.39 is 17.7 Å². The van der Waals surface area contributed by atoms with E-state index in [-0.39, 0.29) is 11.7 Å². The molecule has 94 valence electrons. The summed E-state index contributed by atoms with van der Waals surface area (Å²) < 4.78 is 0. The van der Waals surface area contributed by atoms with E-state index in [2.05, 4.69) is 0 Å². The summed E-state index contributed by atoms with van der Waals surface area (Å²) >= 11 is 0. The molecular weight excluding hydrogens is 206 g/mol. The highest BCUT2D eigenvalue weighted by Crippen LogP contribution is 2.19. The molecule has 0 bridgehead atoms. The van der Waals surface area contributed by atoms with Crippen LogP contribution < -0.4 is 0 Å². The van der Waals surface area contributed by atoms with Crippen LogP contribution in [0.5, 0.6) is 0 Å². The van der Waals surface area contributed by atoms with Gasteiger partial charge in [-0.3, -0.25) is 9.69 Å². The predicted molar refractivity (Wildman–Crippen MR) is 63.5 cm³/mol. The third-order valence-corrected chi connectivity index (χ3v) is 2.39. The van der Waals surface area contributed by atoms with Crippen molar-refractivity contribution in [3.63, 3.8) is 0 Å². The van der Waals surface area contributed by atoms with Gasteiger partial charge in [0.2, 0.25) is 0 Å². The van der Waals surface area contributed by atoms with Crippen LogP contribution in [0.1, 0.15) is 48.0 Å². The van der Waals surface area contributed by atoms with Crippen molar-refractivity contribution < 1.29 is 14.7 Å². The Morgan fingerprint density at radius 2 is 1.62 bits per heavy atom. The van der Waals surface area contributed by atoms with Gasteiger partial charge in [0.1, 0.15) is 0 Å². The van der Waals surface area contributed by atoms with Gasteiger partial charge in [0.15, 0.2) is 5.78 Å². The maximum absolute atomic E-state index is 11.8. The van der Waals surface area contributed by atoms with E-state index in [0.29, 0.717) is 6.42 Å². The standard InChI is InChI=1S/C12H23NO3/c1-8(2)7-10(14)9(3)13(11(15)16)12(4,5)6/h8-9H,7H2,1-6H3,(H,15,16). The van der Waals surface area contributed by atoms with Gasteiger partial charge in [0, 0.05) is 12.0 Å². The van der Waals surface area contributed by atoms with Gasteiger partial charge < -0.3 is 5.11 Å². The molecular formula is C12H23NO3. The van der Waals surface area contributed by atoms with E-state index in [9.17, 15) is 9.59 Å². The SMILES string of the molecule is CC(C)CC(=O)C(C)N(C(=O)O)C(C)(C)C. The fourth-order valence-electron chi connectivity index (χ4n) is 1.75. The average Bonchev–Trinajstić information content (AvgIpc) is 1.98. The molecule has 4 nitrogen and oxygen atoms in total. The van der Waals surface area contributed by atoms with Gasteiger partial charge in [-0.05, 0) is 33.6 Å². The summed E-state index contributed by atoms with van der Waals surface area (Å²) in [5, 5.41) is 9.14. The van der Waals surface area contributed by atoms with Crippen molar-refractivity contribution in [1.82, 2.24) is 4.90 Å². The molecule has 0 radical (unpaired) electrons. The first-order valence-corrected chi connectivity index (χ1v) is 5.62. The second-order valence-corrected chi connectivity index (χ2v) is 5.56. The van der Waals surface area contributed by atoms with Gasteiger partial charge in [-0.25, -0.2) is 4.79 Å². The molecule has 0 aliphatic rings. The molecule has 4 heteroatoms. The lowest BCUT2D eigenvalue weighted by Crippen LogP contribution is -2.53. The number of Topliss-reactive ketones (excluding diaryl/α,β-unsaturated/α-hetero) is 1. The van der Waals surface area contributed by atoms with Crippen molar-refractivity contribution in [1.29, 1.82) is 0 Å². The Kier molecular flexibility index (Phi) is 4.97. The summed E-state index contributed by atoms with van der Waals surface area (Å²) in [6.45, 7) is 10.9. The van der Waals surface area contributed by atoms with Crippen LogP contribution >= 0.6 is 0 Å². The number of carboxylic acid groups (broad SMARTS) is 1. The molecule has 0 saturated carbocycles. The Bertz CT molecular complexity index is 266. The minimum atomic E-state index is -1.04. The molecule has 0 heterocycles. The lowest BCUT2D eigenvalue weighted by molar-refractivity contribution is -0.125. The summed E-state index contributed by atoms with van der Waals surface area (Å²) in [7, 11) is 0. The van der Waals surface area contributed by atoms with Crippen molar-refractivity contribution >= 4 is 11.9 Å². The van der Waals surface area contributed by atoms with Crippen molar-refractivity contribution in [2.75, 3.05) is 0 Å². The van der Waals surface area contributed by atoms with E-state index >= 15 is 0 Å². The van der Waals surface area contributed by atoms with Crippen molar-refractivity contribution in [2.45, 2.75) is 59.5 Å². The zero-order chi connectivity index (χ0) is 13.1. The molecule has 1 unspecified atom stereocenters. The third-order valence-electron chi connectivity index (χ3n) is 2.39. The number of hydrogen-bond acceptors (Lipinski definition) is 2. The van der Waals surface area contributed by atoms with E-state index in [1.165, 1.54) is 4.90 Å². The summed E-state index contributed by atoms with van der Waals surface area (Å²) in [4.78, 5) is 24.2. The quantitative estimate of drug-likeness (QED) is 0.806. The number of nitrogens with zero attached hydrogens (tertiary/aromatic N) is 1. The summed E-state index contributed by atoms with van der Waals surface area (Å²) in [5.41, 5.74) is -0.558. The smallest absolute Gasteiger partial charge is 0.408 e. The number of carbonyl (C=O) groups excluding carboxylic acids is 1. The normalized spacial score (nSPS) is 13.7. The van der Waals surface area contributed by atoms with Crippen molar-refractivity contribution in [3.05, 3.63) is 0 Å². The predicted octanol–water partition coefficient (Wildman–Crippen LogP) is 2.77. The highest BCUT2D eigenvalue weighted by Gasteiger charge is 2.34. The van der Waals surface area contributed by atoms with Gasteiger partial charge in [0.05, 0.1) is 6.04 Å². The van der Waals surface area contributed by atoms with Crippen LogP contribution in [0.2, 0.25) is 0 Å². The van der Waals surface area contributed by atoms with Gasteiger partial charge in [0.25, 0.3) is 0 Å². The fraction of sp³-hybridized carbons (Fsp3) is 0.833. The van der Waals surface area contributed by atoms with Gasteiger partial charge in [-0.1, -0.05) is 13.8 Å². The monoisotopic (exact) mass is 229 g/mol. The van der Waals surface area contributed by atoms with Crippen molar-refractivity contribution in [2.24, 2.45) is 5.92 Å². The van der Waals surface area contributed by atoms with Crippen LogP contribution in [0.4, 0.5) is 4.79 Å². The van der Waals surface area contributed by atoms with Gasteiger partial charge in [-0.15, -0.1) is 0 Å². The number of rotatable bonds is 4. The zero-order valence-corrected chi connectivity index (χ0v) is 11.1. The molecule has 0 rings (SSSR count). The maximum Gasteiger partial charge on any atom is 0.408 e. The van der Waals surface area contributed by atoms with Gasteiger partial charge in [-0.2, -0.15) is 0 Å². The number of ketones is 1. The number of amides is 1. The molecule has 1 N–H and O–H groups in total. The molecule has 0 aliphatic carbocycles. The lowest BCUT2D eigenvalue weighted by atomic mass is 9.97. The van der Waals surface area contributed by atoms with E-state index in [0.717, 1.165) is 0 Å². The van der Waals surface area contributed by atoms with Crippen LogP contribution in [-0.2, 0) is 4.79 Å². The minimum absolute atomic E-state index is 0.0210. The van der Waals surface area contributed by atoms with Crippen LogP contribution in [0, 0.1) is 5.92 Å². The molecule has 1 atom stereocenters. The van der Waals surface area contributed by atoms with E-state index in [1.54, 1.807) is 27.7 Å².